The van der Waals surface area contributed by atoms with Gasteiger partial charge in [0, 0.05) is 0 Å². The molecule has 0 saturated heterocycles. The van der Waals surface area contributed by atoms with E-state index in [4.69, 9.17) is 28.4 Å². The Morgan fingerprint density at radius 2 is 1.03 bits per heavy atom. The van der Waals surface area contributed by atoms with Crippen LogP contribution in [0.15, 0.2) is 36.4 Å². The molecule has 0 saturated carbocycles. The van der Waals surface area contributed by atoms with Gasteiger partial charge in [-0.2, -0.15) is 0 Å². The number of benzene rings is 2. The molecule has 0 atom stereocenters. The number of esters is 2. The summed E-state index contributed by atoms with van der Waals surface area (Å²) in [6.45, 7) is 0.502. The average Bonchev–Trinajstić information content (AvgIpc) is 2.87. The third kappa shape index (κ3) is 9.76. The predicted octanol–water partition coefficient (Wildman–Crippen LogP) is 4.54. The van der Waals surface area contributed by atoms with E-state index in [9.17, 15) is 9.59 Å². The lowest BCUT2D eigenvalue weighted by molar-refractivity contribution is -0.154. The van der Waals surface area contributed by atoms with Crippen LogP contribution >= 0.6 is 0 Å². The van der Waals surface area contributed by atoms with Gasteiger partial charge in [-0.1, -0.05) is 0 Å². The van der Waals surface area contributed by atoms with Gasteiger partial charge in [0.15, 0.2) is 0 Å². The fourth-order valence-electron chi connectivity index (χ4n) is 3.58. The molecule has 0 unspecified atom stereocenters. The number of methoxy groups -OCH3 is 4. The Morgan fingerprint density at radius 1 is 0.600 bits per heavy atom. The summed E-state index contributed by atoms with van der Waals surface area (Å²) >= 11 is 0. The lowest BCUT2D eigenvalue weighted by Gasteiger charge is -2.11. The molecule has 0 spiro atoms. The average molecular weight is 489 g/mol. The molecule has 8 heteroatoms. The maximum Gasteiger partial charge on any atom is 0.317 e. The monoisotopic (exact) mass is 488 g/mol. The topological polar surface area (TPSA) is 89.5 Å². The van der Waals surface area contributed by atoms with Gasteiger partial charge in [0.2, 0.25) is 0 Å². The fourth-order valence-corrected chi connectivity index (χ4v) is 3.58. The fraction of sp³-hybridized carbons (Fsp3) is 0.481. The number of hydrogen-bond acceptors (Lipinski definition) is 8. The van der Waals surface area contributed by atoms with E-state index in [-0.39, 0.29) is 19.6 Å². The van der Waals surface area contributed by atoms with E-state index in [2.05, 4.69) is 0 Å². The van der Waals surface area contributed by atoms with Gasteiger partial charge in [-0.05, 0) is 86.1 Å². The number of unbranched alkanes of at least 4 members (excludes halogenated alkanes) is 2. The molecular formula is C27H36O8. The molecular weight excluding hydrogens is 452 g/mol. The molecule has 0 aliphatic rings. The smallest absolute Gasteiger partial charge is 0.317 e. The standard InChI is InChI=1S/C27H36O8/c1-30-22-11-13-24(32-3)20(17-22)9-5-7-15-34-26(28)19-27(29)35-16-8-6-10-21-18-23(31-2)12-14-25(21)33-4/h11-14,17-18H,5-10,15-16,19H2,1-4H3. The molecule has 0 amide bonds. The second-order valence-corrected chi connectivity index (χ2v) is 7.89. The van der Waals surface area contributed by atoms with Crippen molar-refractivity contribution in [1.29, 1.82) is 0 Å². The highest BCUT2D eigenvalue weighted by atomic mass is 16.6. The van der Waals surface area contributed by atoms with Crippen molar-refractivity contribution in [2.75, 3.05) is 41.7 Å². The Morgan fingerprint density at radius 3 is 1.40 bits per heavy atom. The molecule has 0 bridgehead atoms. The van der Waals surface area contributed by atoms with Gasteiger partial charge in [0.05, 0.1) is 41.7 Å². The van der Waals surface area contributed by atoms with Crippen molar-refractivity contribution in [2.24, 2.45) is 0 Å². The molecule has 0 heterocycles. The van der Waals surface area contributed by atoms with Gasteiger partial charge in [-0.25, -0.2) is 0 Å². The minimum absolute atomic E-state index is 0.251. The van der Waals surface area contributed by atoms with Crippen LogP contribution in [0.5, 0.6) is 23.0 Å². The van der Waals surface area contributed by atoms with E-state index in [1.54, 1.807) is 28.4 Å². The third-order valence-corrected chi connectivity index (χ3v) is 5.47. The summed E-state index contributed by atoms with van der Waals surface area (Å²) in [6, 6.07) is 11.3. The van der Waals surface area contributed by atoms with Crippen molar-refractivity contribution in [3.05, 3.63) is 47.5 Å². The largest absolute Gasteiger partial charge is 0.497 e. The van der Waals surface area contributed by atoms with E-state index < -0.39 is 11.9 Å². The predicted molar refractivity (Wildman–Crippen MR) is 132 cm³/mol. The van der Waals surface area contributed by atoms with Gasteiger partial charge < -0.3 is 28.4 Å². The van der Waals surface area contributed by atoms with E-state index in [1.165, 1.54) is 0 Å². The van der Waals surface area contributed by atoms with E-state index in [0.717, 1.165) is 59.8 Å². The van der Waals surface area contributed by atoms with Crippen molar-refractivity contribution in [3.63, 3.8) is 0 Å². The number of hydrogen-bond donors (Lipinski definition) is 0. The highest BCUT2D eigenvalue weighted by molar-refractivity contribution is 5.91. The number of carbonyl (C=O) groups is 2. The van der Waals surface area contributed by atoms with Crippen molar-refractivity contribution in [2.45, 2.75) is 44.9 Å². The first-order valence-electron chi connectivity index (χ1n) is 11.7. The number of ether oxygens (including phenoxy) is 6. The lowest BCUT2D eigenvalue weighted by Crippen LogP contribution is -2.15. The second-order valence-electron chi connectivity index (χ2n) is 7.89. The molecule has 0 radical (unpaired) electrons. The Kier molecular flexibility index (Phi) is 12.3. The first-order valence-corrected chi connectivity index (χ1v) is 11.7. The number of rotatable bonds is 16. The van der Waals surface area contributed by atoms with Crippen molar-refractivity contribution >= 4 is 11.9 Å². The molecule has 35 heavy (non-hydrogen) atoms. The Balaban J connectivity index is 1.58. The van der Waals surface area contributed by atoms with Crippen LogP contribution in [0.25, 0.3) is 0 Å². The summed E-state index contributed by atoms with van der Waals surface area (Å²) < 4.78 is 31.6. The van der Waals surface area contributed by atoms with Crippen molar-refractivity contribution in [1.82, 2.24) is 0 Å². The molecule has 0 N–H and O–H groups in total. The molecule has 192 valence electrons. The minimum atomic E-state index is -0.574. The quantitative estimate of drug-likeness (QED) is 0.193. The Labute approximate surface area is 207 Å². The van der Waals surface area contributed by atoms with Crippen LogP contribution in [-0.2, 0) is 31.9 Å². The first-order chi connectivity index (χ1) is 17.0. The van der Waals surface area contributed by atoms with Crippen molar-refractivity contribution < 1.29 is 38.0 Å². The molecule has 0 aliphatic heterocycles. The first kappa shape index (κ1) is 27.8. The van der Waals surface area contributed by atoms with E-state index >= 15 is 0 Å². The third-order valence-electron chi connectivity index (χ3n) is 5.47. The van der Waals surface area contributed by atoms with Crippen LogP contribution in [0.3, 0.4) is 0 Å². The second kappa shape index (κ2) is 15.5. The summed E-state index contributed by atoms with van der Waals surface area (Å²) in [5.74, 6) is 1.99. The summed E-state index contributed by atoms with van der Waals surface area (Å²) in [5.41, 5.74) is 2.07. The molecule has 8 nitrogen and oxygen atoms in total. The Bertz CT molecular complexity index is 865. The SMILES string of the molecule is COc1ccc(OC)c(CCCCOC(=O)CC(=O)OCCCCc2cc(OC)ccc2OC)c1. The summed E-state index contributed by atoms with van der Waals surface area (Å²) in [6.07, 6.45) is 4.11. The molecule has 2 aromatic carbocycles. The molecule has 0 fully saturated rings. The summed E-state index contributed by atoms with van der Waals surface area (Å²) in [7, 11) is 6.50. The van der Waals surface area contributed by atoms with Crippen LogP contribution in [0.4, 0.5) is 0 Å². The van der Waals surface area contributed by atoms with Crippen LogP contribution in [-0.4, -0.2) is 53.6 Å². The molecule has 0 aliphatic carbocycles. The van der Waals surface area contributed by atoms with Gasteiger partial charge in [0.25, 0.3) is 0 Å². The highest BCUT2D eigenvalue weighted by Gasteiger charge is 2.12. The van der Waals surface area contributed by atoms with Crippen LogP contribution in [0.2, 0.25) is 0 Å². The minimum Gasteiger partial charge on any atom is -0.497 e. The highest BCUT2D eigenvalue weighted by Crippen LogP contribution is 2.26. The van der Waals surface area contributed by atoms with Gasteiger partial charge in [-0.15, -0.1) is 0 Å². The maximum atomic E-state index is 11.9. The zero-order chi connectivity index (χ0) is 25.5. The summed E-state index contributed by atoms with van der Waals surface area (Å²) in [4.78, 5) is 23.8. The molecule has 2 aromatic rings. The normalized spacial score (nSPS) is 10.4. The number of carbonyl (C=O) groups excluding carboxylic acids is 2. The maximum absolute atomic E-state index is 11.9. The zero-order valence-corrected chi connectivity index (χ0v) is 21.1. The number of aryl methyl sites for hydroxylation is 2. The van der Waals surface area contributed by atoms with Gasteiger partial charge >= 0.3 is 11.9 Å². The van der Waals surface area contributed by atoms with E-state index in [0.29, 0.717) is 12.8 Å². The van der Waals surface area contributed by atoms with Gasteiger partial charge in [0.1, 0.15) is 29.4 Å². The van der Waals surface area contributed by atoms with E-state index in [1.807, 2.05) is 36.4 Å². The Hall–Kier alpha value is -3.42. The zero-order valence-electron chi connectivity index (χ0n) is 21.1. The van der Waals surface area contributed by atoms with Crippen LogP contribution in [0.1, 0.15) is 43.2 Å². The lowest BCUT2D eigenvalue weighted by atomic mass is 10.1. The summed E-state index contributed by atoms with van der Waals surface area (Å²) in [5, 5.41) is 0. The van der Waals surface area contributed by atoms with Gasteiger partial charge in [-0.3, -0.25) is 9.59 Å². The molecule has 2 rings (SSSR count). The molecule has 0 aromatic heterocycles. The van der Waals surface area contributed by atoms with Crippen LogP contribution < -0.4 is 18.9 Å². The van der Waals surface area contributed by atoms with Crippen LogP contribution in [0, 0.1) is 0 Å². The van der Waals surface area contributed by atoms with Crippen molar-refractivity contribution in [3.8, 4) is 23.0 Å².